The summed E-state index contributed by atoms with van der Waals surface area (Å²) in [5.41, 5.74) is 1.05. The van der Waals surface area contributed by atoms with Crippen LogP contribution in [0, 0.1) is 0 Å². The first kappa shape index (κ1) is 21.1. The molecule has 1 heterocycles. The van der Waals surface area contributed by atoms with Gasteiger partial charge in [0, 0.05) is 4.90 Å². The molecular formula is C20H21N3O4S2. The number of hydrogen-bond donors (Lipinski definition) is 1. The smallest absolute Gasteiger partial charge is 0.322 e. The maximum atomic E-state index is 12.6. The number of sulfone groups is 1. The van der Waals surface area contributed by atoms with Gasteiger partial charge >= 0.3 is 6.01 Å². The molecule has 0 spiro atoms. The van der Waals surface area contributed by atoms with Gasteiger partial charge in [-0.25, -0.2) is 8.42 Å². The van der Waals surface area contributed by atoms with E-state index >= 15 is 0 Å². The van der Waals surface area contributed by atoms with Crippen molar-refractivity contribution < 1.29 is 17.6 Å². The molecule has 3 rings (SSSR count). The van der Waals surface area contributed by atoms with Crippen molar-refractivity contribution in [3.8, 4) is 0 Å². The lowest BCUT2D eigenvalue weighted by atomic mass is 10.1. The van der Waals surface area contributed by atoms with Gasteiger partial charge < -0.3 is 4.42 Å². The van der Waals surface area contributed by atoms with E-state index in [0.717, 1.165) is 11.3 Å². The number of thioether (sulfide) groups is 1. The minimum absolute atomic E-state index is 0.0234. The highest BCUT2D eigenvalue weighted by Gasteiger charge is 2.21. The van der Waals surface area contributed by atoms with Crippen LogP contribution in [0.5, 0.6) is 0 Å². The van der Waals surface area contributed by atoms with Gasteiger partial charge in [0.2, 0.25) is 5.89 Å². The summed E-state index contributed by atoms with van der Waals surface area (Å²) >= 11 is 1.76. The molecule has 1 aromatic heterocycles. The molecule has 0 saturated heterocycles. The normalized spacial score (nSPS) is 11.4. The number of carbonyl (C=O) groups excluding carboxylic acids is 1. The van der Waals surface area contributed by atoms with Crippen LogP contribution >= 0.6 is 11.8 Å². The Kier molecular flexibility index (Phi) is 6.71. The molecule has 152 valence electrons. The topological polar surface area (TPSA) is 102 Å². The quantitative estimate of drug-likeness (QED) is 0.541. The van der Waals surface area contributed by atoms with Gasteiger partial charge in [-0.1, -0.05) is 43.2 Å². The lowest BCUT2D eigenvalue weighted by Gasteiger charge is -2.07. The molecular weight excluding hydrogens is 410 g/mol. The van der Waals surface area contributed by atoms with Crippen molar-refractivity contribution in [2.75, 3.05) is 16.8 Å². The van der Waals surface area contributed by atoms with Gasteiger partial charge in [-0.15, -0.1) is 16.9 Å². The third kappa shape index (κ3) is 5.24. The van der Waals surface area contributed by atoms with Crippen LogP contribution in [0.1, 0.15) is 35.7 Å². The number of rotatable bonds is 8. The third-order valence-electron chi connectivity index (χ3n) is 4.12. The van der Waals surface area contributed by atoms with Crippen molar-refractivity contribution in [1.82, 2.24) is 10.2 Å². The molecule has 0 atom stereocenters. The Morgan fingerprint density at radius 3 is 2.48 bits per heavy atom. The fraction of sp³-hybridized carbons (Fsp3) is 0.250. The van der Waals surface area contributed by atoms with E-state index in [-0.39, 0.29) is 22.2 Å². The van der Waals surface area contributed by atoms with Crippen LogP contribution in [0.2, 0.25) is 0 Å². The molecule has 0 fully saturated rings. The highest BCUT2D eigenvalue weighted by atomic mass is 32.2. The minimum Gasteiger partial charge on any atom is -0.407 e. The van der Waals surface area contributed by atoms with Crippen LogP contribution in [0.25, 0.3) is 0 Å². The van der Waals surface area contributed by atoms with Gasteiger partial charge in [0.25, 0.3) is 5.91 Å². The zero-order valence-corrected chi connectivity index (χ0v) is 17.7. The second kappa shape index (κ2) is 9.23. The van der Waals surface area contributed by atoms with Crippen molar-refractivity contribution in [3.05, 3.63) is 65.5 Å². The predicted octanol–water partition coefficient (Wildman–Crippen LogP) is 3.82. The zero-order chi connectivity index (χ0) is 20.9. The summed E-state index contributed by atoms with van der Waals surface area (Å²) in [5.74, 6) is 0.645. The van der Waals surface area contributed by atoms with Crippen LogP contribution in [0.15, 0.2) is 62.7 Å². The van der Waals surface area contributed by atoms with Crippen molar-refractivity contribution in [3.63, 3.8) is 0 Å². The Labute approximate surface area is 173 Å². The summed E-state index contributed by atoms with van der Waals surface area (Å²) in [6, 6.07) is 14.0. The summed E-state index contributed by atoms with van der Waals surface area (Å²) in [6.07, 6.45) is 0.431. The fourth-order valence-electron chi connectivity index (χ4n) is 2.67. The molecule has 0 aliphatic rings. The summed E-state index contributed by atoms with van der Waals surface area (Å²) in [6.45, 7) is 3.63. The monoisotopic (exact) mass is 431 g/mol. The molecule has 2 aromatic carbocycles. The fourth-order valence-corrected chi connectivity index (χ4v) is 4.42. The molecule has 3 aromatic rings. The SMILES string of the molecule is CCSc1ccc(Cc2nnc(NC(=O)c3ccccc3S(=O)(=O)CC)o2)cc1. The molecule has 1 amide bonds. The minimum atomic E-state index is -3.54. The van der Waals surface area contributed by atoms with Gasteiger partial charge in [-0.2, -0.15) is 0 Å². The average molecular weight is 432 g/mol. The highest BCUT2D eigenvalue weighted by molar-refractivity contribution is 7.99. The van der Waals surface area contributed by atoms with Crippen molar-refractivity contribution in [2.24, 2.45) is 0 Å². The molecule has 7 nitrogen and oxygen atoms in total. The van der Waals surface area contributed by atoms with E-state index in [1.54, 1.807) is 23.9 Å². The maximum absolute atomic E-state index is 12.6. The van der Waals surface area contributed by atoms with Gasteiger partial charge in [0.15, 0.2) is 9.84 Å². The van der Waals surface area contributed by atoms with Crippen molar-refractivity contribution >= 4 is 33.5 Å². The van der Waals surface area contributed by atoms with Crippen LogP contribution in [-0.2, 0) is 16.3 Å². The molecule has 0 bridgehead atoms. The number of hydrogen-bond acceptors (Lipinski definition) is 7. The third-order valence-corrected chi connectivity index (χ3v) is 6.80. The van der Waals surface area contributed by atoms with E-state index in [0.29, 0.717) is 12.3 Å². The largest absolute Gasteiger partial charge is 0.407 e. The molecule has 29 heavy (non-hydrogen) atoms. The number of amides is 1. The lowest BCUT2D eigenvalue weighted by Crippen LogP contribution is -2.17. The van der Waals surface area contributed by atoms with Gasteiger partial charge in [-0.3, -0.25) is 10.1 Å². The molecule has 0 unspecified atom stereocenters. The first-order valence-electron chi connectivity index (χ1n) is 9.10. The molecule has 0 aliphatic heterocycles. The standard InChI is InChI=1S/C20H21N3O4S2/c1-3-28-15-11-9-14(10-12-15)13-18-22-23-20(27-18)21-19(24)16-7-5-6-8-17(16)29(25,26)4-2/h5-12H,3-4,13H2,1-2H3,(H,21,23,24). The van der Waals surface area contributed by atoms with Gasteiger partial charge in [0.1, 0.15) is 0 Å². The summed E-state index contributed by atoms with van der Waals surface area (Å²) < 4.78 is 29.9. The van der Waals surface area contributed by atoms with Crippen LogP contribution in [0.3, 0.4) is 0 Å². The lowest BCUT2D eigenvalue weighted by molar-refractivity contribution is 0.102. The molecule has 9 heteroatoms. The first-order valence-corrected chi connectivity index (χ1v) is 11.7. The van der Waals surface area contributed by atoms with E-state index in [9.17, 15) is 13.2 Å². The van der Waals surface area contributed by atoms with E-state index in [4.69, 9.17) is 4.42 Å². The number of aromatic nitrogens is 2. The Hall–Kier alpha value is -2.65. The van der Waals surface area contributed by atoms with Gasteiger partial charge in [0.05, 0.1) is 22.6 Å². The predicted molar refractivity (Wildman–Crippen MR) is 112 cm³/mol. The number of anilines is 1. The average Bonchev–Trinajstić information content (AvgIpc) is 3.16. The number of nitrogens with zero attached hydrogens (tertiary/aromatic N) is 2. The molecule has 1 N–H and O–H groups in total. The Morgan fingerprint density at radius 2 is 1.79 bits per heavy atom. The zero-order valence-electron chi connectivity index (χ0n) is 16.1. The van der Waals surface area contributed by atoms with Gasteiger partial charge in [-0.05, 0) is 35.6 Å². The highest BCUT2D eigenvalue weighted by Crippen LogP contribution is 2.21. The van der Waals surface area contributed by atoms with Crippen LogP contribution in [0.4, 0.5) is 6.01 Å². The van der Waals surface area contributed by atoms with E-state index in [2.05, 4.69) is 22.4 Å². The summed E-state index contributed by atoms with van der Waals surface area (Å²) in [5, 5.41) is 10.3. The first-order chi connectivity index (χ1) is 13.9. The second-order valence-corrected chi connectivity index (χ2v) is 9.69. The summed E-state index contributed by atoms with van der Waals surface area (Å²) in [4.78, 5) is 13.7. The maximum Gasteiger partial charge on any atom is 0.322 e. The van der Waals surface area contributed by atoms with Crippen LogP contribution < -0.4 is 5.32 Å². The Bertz CT molecular complexity index is 1090. The van der Waals surface area contributed by atoms with Crippen LogP contribution in [-0.4, -0.2) is 36.0 Å². The second-order valence-electron chi connectivity index (χ2n) is 6.11. The molecule has 0 saturated carbocycles. The number of carbonyl (C=O) groups is 1. The molecule has 0 aliphatic carbocycles. The molecule has 0 radical (unpaired) electrons. The number of benzene rings is 2. The Morgan fingerprint density at radius 1 is 1.07 bits per heavy atom. The van der Waals surface area contributed by atoms with E-state index < -0.39 is 15.7 Å². The van der Waals surface area contributed by atoms with Crippen molar-refractivity contribution in [1.29, 1.82) is 0 Å². The Balaban J connectivity index is 1.71. The van der Waals surface area contributed by atoms with Crippen molar-refractivity contribution in [2.45, 2.75) is 30.1 Å². The van der Waals surface area contributed by atoms with E-state index in [1.165, 1.54) is 24.0 Å². The summed E-state index contributed by atoms with van der Waals surface area (Å²) in [7, 11) is -3.54. The number of nitrogens with one attached hydrogen (secondary N) is 1. The van der Waals surface area contributed by atoms with E-state index in [1.807, 2.05) is 24.3 Å².